The standard InChI is InChI=1S/C18H21Cl2N7O3/c1-9(21)8-30-17-12(4-11(19)6-23-17)24-18(28)25-13-7-22-15-5-14(20)26-27(15)16(13)10(2)29-3/h4-7,9-10H,8,21H2,1-3H3,(H2,24,25,28)/t9?,10-/m0/s1. The molecule has 2 atom stereocenters. The molecule has 0 aliphatic carbocycles. The van der Waals surface area contributed by atoms with Gasteiger partial charge in [0.2, 0.25) is 5.88 Å². The Bertz CT molecular complexity index is 1060. The topological polar surface area (TPSA) is 129 Å². The number of carbonyl (C=O) groups excluding carboxylic acids is 1. The number of urea groups is 1. The lowest BCUT2D eigenvalue weighted by Gasteiger charge is -2.18. The van der Waals surface area contributed by atoms with E-state index < -0.39 is 12.1 Å². The Kier molecular flexibility index (Phi) is 6.93. The highest BCUT2D eigenvalue weighted by atomic mass is 35.5. The largest absolute Gasteiger partial charge is 0.475 e. The van der Waals surface area contributed by atoms with Gasteiger partial charge in [-0.05, 0) is 19.9 Å². The first kappa shape index (κ1) is 22.0. The normalized spacial score (nSPS) is 13.1. The van der Waals surface area contributed by atoms with Crippen LogP contribution in [0.25, 0.3) is 5.65 Å². The van der Waals surface area contributed by atoms with Crippen LogP contribution >= 0.6 is 23.2 Å². The van der Waals surface area contributed by atoms with E-state index in [-0.39, 0.29) is 29.4 Å². The Morgan fingerprint density at radius 3 is 2.63 bits per heavy atom. The van der Waals surface area contributed by atoms with E-state index in [2.05, 4.69) is 25.7 Å². The summed E-state index contributed by atoms with van der Waals surface area (Å²) >= 11 is 12.0. The van der Waals surface area contributed by atoms with Crippen molar-refractivity contribution >= 4 is 46.3 Å². The van der Waals surface area contributed by atoms with E-state index in [1.165, 1.54) is 23.0 Å². The second-order valence-electron chi connectivity index (χ2n) is 6.55. The number of fused-ring (bicyclic) bond motifs is 1. The number of nitrogens with zero attached hydrogens (tertiary/aromatic N) is 4. The van der Waals surface area contributed by atoms with Gasteiger partial charge in [-0.1, -0.05) is 23.2 Å². The number of halogens is 2. The van der Waals surface area contributed by atoms with Gasteiger partial charge in [0.05, 0.1) is 28.7 Å². The Morgan fingerprint density at radius 2 is 1.93 bits per heavy atom. The lowest BCUT2D eigenvalue weighted by atomic mass is 10.2. The number of aromatic nitrogens is 4. The Hall–Kier alpha value is -2.66. The number of nitrogens with one attached hydrogen (secondary N) is 2. The Morgan fingerprint density at radius 1 is 1.20 bits per heavy atom. The van der Waals surface area contributed by atoms with Crippen LogP contribution in [-0.4, -0.2) is 45.4 Å². The molecule has 3 rings (SSSR count). The molecule has 160 valence electrons. The van der Waals surface area contributed by atoms with Crippen molar-refractivity contribution in [1.29, 1.82) is 0 Å². The second kappa shape index (κ2) is 9.43. The molecule has 0 aromatic carbocycles. The SMILES string of the molecule is CO[C@@H](C)c1c(NC(=O)Nc2cc(Cl)cnc2OCC(C)N)cnc2cc(Cl)nn12. The maximum Gasteiger partial charge on any atom is 0.323 e. The van der Waals surface area contributed by atoms with Gasteiger partial charge in [0.1, 0.15) is 12.3 Å². The summed E-state index contributed by atoms with van der Waals surface area (Å²) in [5, 5.41) is 10.2. The third-order valence-electron chi connectivity index (χ3n) is 4.03. The molecule has 4 N–H and O–H groups in total. The van der Waals surface area contributed by atoms with E-state index in [4.69, 9.17) is 38.4 Å². The van der Waals surface area contributed by atoms with Crippen molar-refractivity contribution in [1.82, 2.24) is 19.6 Å². The van der Waals surface area contributed by atoms with Crippen molar-refractivity contribution in [3.63, 3.8) is 0 Å². The lowest BCUT2D eigenvalue weighted by molar-refractivity contribution is 0.114. The van der Waals surface area contributed by atoms with E-state index in [0.717, 1.165) is 0 Å². The summed E-state index contributed by atoms with van der Waals surface area (Å²) < 4.78 is 12.5. The zero-order chi connectivity index (χ0) is 21.8. The van der Waals surface area contributed by atoms with E-state index in [1.54, 1.807) is 20.1 Å². The molecule has 3 aromatic heterocycles. The minimum atomic E-state index is -0.561. The molecular formula is C18H21Cl2N7O3. The predicted molar refractivity (Wildman–Crippen MR) is 114 cm³/mol. The third-order valence-corrected chi connectivity index (χ3v) is 4.42. The summed E-state index contributed by atoms with van der Waals surface area (Å²) in [6, 6.07) is 2.37. The van der Waals surface area contributed by atoms with Crippen LogP contribution < -0.4 is 21.1 Å². The zero-order valence-corrected chi connectivity index (χ0v) is 18.0. The van der Waals surface area contributed by atoms with Gasteiger partial charge in [0.25, 0.3) is 0 Å². The quantitative estimate of drug-likeness (QED) is 0.498. The number of amides is 2. The highest BCUT2D eigenvalue weighted by Crippen LogP contribution is 2.28. The first-order valence-electron chi connectivity index (χ1n) is 8.97. The molecule has 0 bridgehead atoms. The van der Waals surface area contributed by atoms with Gasteiger partial charge in [-0.25, -0.2) is 19.3 Å². The number of anilines is 2. The summed E-state index contributed by atoms with van der Waals surface area (Å²) in [5.41, 5.74) is 7.49. The summed E-state index contributed by atoms with van der Waals surface area (Å²) in [7, 11) is 1.55. The fourth-order valence-corrected chi connectivity index (χ4v) is 2.97. The highest BCUT2D eigenvalue weighted by Gasteiger charge is 2.20. The van der Waals surface area contributed by atoms with E-state index >= 15 is 0 Å². The molecule has 0 saturated heterocycles. The molecule has 0 spiro atoms. The van der Waals surface area contributed by atoms with Gasteiger partial charge in [0.15, 0.2) is 10.8 Å². The molecule has 0 aliphatic heterocycles. The minimum Gasteiger partial charge on any atom is -0.475 e. The first-order valence-corrected chi connectivity index (χ1v) is 9.73. The summed E-state index contributed by atoms with van der Waals surface area (Å²) in [5.74, 6) is 0.199. The molecular weight excluding hydrogens is 433 g/mol. The van der Waals surface area contributed by atoms with Crippen LogP contribution in [0.4, 0.5) is 16.2 Å². The maximum atomic E-state index is 12.7. The van der Waals surface area contributed by atoms with Crippen LogP contribution in [0.2, 0.25) is 10.2 Å². The van der Waals surface area contributed by atoms with Gasteiger partial charge < -0.3 is 25.8 Å². The second-order valence-corrected chi connectivity index (χ2v) is 7.37. The zero-order valence-electron chi connectivity index (χ0n) is 16.5. The Balaban J connectivity index is 1.86. The number of pyridine rings is 1. The van der Waals surface area contributed by atoms with Crippen molar-refractivity contribution in [3.05, 3.63) is 40.4 Å². The number of methoxy groups -OCH3 is 1. The van der Waals surface area contributed by atoms with Crippen molar-refractivity contribution in [3.8, 4) is 5.88 Å². The van der Waals surface area contributed by atoms with Crippen molar-refractivity contribution in [2.24, 2.45) is 5.73 Å². The predicted octanol–water partition coefficient (Wildman–Crippen LogP) is 3.51. The van der Waals surface area contributed by atoms with E-state index in [1.807, 2.05) is 6.92 Å². The molecule has 30 heavy (non-hydrogen) atoms. The number of carbonyl (C=O) groups is 1. The maximum absolute atomic E-state index is 12.7. The third kappa shape index (κ3) is 5.08. The van der Waals surface area contributed by atoms with Crippen LogP contribution in [0.3, 0.4) is 0 Å². The van der Waals surface area contributed by atoms with Gasteiger partial charge >= 0.3 is 6.03 Å². The van der Waals surface area contributed by atoms with Gasteiger partial charge in [-0.2, -0.15) is 5.10 Å². The molecule has 0 radical (unpaired) electrons. The van der Waals surface area contributed by atoms with Crippen molar-refractivity contribution in [2.75, 3.05) is 24.4 Å². The van der Waals surface area contributed by atoms with Crippen LogP contribution in [0.5, 0.6) is 5.88 Å². The van der Waals surface area contributed by atoms with Crippen molar-refractivity contribution < 1.29 is 14.3 Å². The molecule has 1 unspecified atom stereocenters. The van der Waals surface area contributed by atoms with Crippen LogP contribution in [0, 0.1) is 0 Å². The summed E-state index contributed by atoms with van der Waals surface area (Å²) in [6.45, 7) is 3.83. The molecule has 2 amide bonds. The van der Waals surface area contributed by atoms with E-state index in [0.29, 0.717) is 22.1 Å². The molecule has 3 aromatic rings. The van der Waals surface area contributed by atoms with Crippen molar-refractivity contribution in [2.45, 2.75) is 26.0 Å². The molecule has 3 heterocycles. The number of hydrogen-bond acceptors (Lipinski definition) is 7. The lowest BCUT2D eigenvalue weighted by Crippen LogP contribution is -2.25. The summed E-state index contributed by atoms with van der Waals surface area (Å²) in [6.07, 6.45) is 2.51. The van der Waals surface area contributed by atoms with Crippen LogP contribution in [0.15, 0.2) is 24.5 Å². The molecule has 0 aliphatic rings. The molecule has 0 fully saturated rings. The fourth-order valence-electron chi connectivity index (χ4n) is 2.64. The average Bonchev–Trinajstić information content (AvgIpc) is 3.06. The highest BCUT2D eigenvalue weighted by molar-refractivity contribution is 6.31. The average molecular weight is 454 g/mol. The van der Waals surface area contributed by atoms with Crippen LogP contribution in [0.1, 0.15) is 25.6 Å². The fraction of sp³-hybridized carbons (Fsp3) is 0.333. The van der Waals surface area contributed by atoms with Gasteiger partial charge in [0, 0.05) is 25.4 Å². The smallest absolute Gasteiger partial charge is 0.323 e. The van der Waals surface area contributed by atoms with E-state index in [9.17, 15) is 4.79 Å². The number of nitrogens with two attached hydrogens (primary N) is 1. The molecule has 10 nitrogen and oxygen atoms in total. The molecule has 0 saturated carbocycles. The molecule has 12 heteroatoms. The number of hydrogen-bond donors (Lipinski definition) is 3. The Labute approximate surface area is 182 Å². The monoisotopic (exact) mass is 453 g/mol. The van der Waals surface area contributed by atoms with Crippen LogP contribution in [-0.2, 0) is 4.74 Å². The summed E-state index contributed by atoms with van der Waals surface area (Å²) in [4.78, 5) is 21.1. The first-order chi connectivity index (χ1) is 14.3. The van der Waals surface area contributed by atoms with Gasteiger partial charge in [-0.3, -0.25) is 0 Å². The number of ether oxygens (including phenoxy) is 2. The number of rotatable bonds is 7. The van der Waals surface area contributed by atoms with Gasteiger partial charge in [-0.15, -0.1) is 0 Å². The minimum absolute atomic E-state index is 0.199.